The summed E-state index contributed by atoms with van der Waals surface area (Å²) in [7, 11) is 0. The number of alkyl carbamates (subject to hydrolysis) is 1. The van der Waals surface area contributed by atoms with Crippen LogP contribution in [0.2, 0.25) is 0 Å². The number of esters is 1. The van der Waals surface area contributed by atoms with Crippen molar-refractivity contribution in [3.05, 3.63) is 71.3 Å². The highest BCUT2D eigenvalue weighted by Crippen LogP contribution is 2.24. The van der Waals surface area contributed by atoms with E-state index in [1.807, 2.05) is 30.3 Å². The molecule has 0 aliphatic carbocycles. The Kier molecular flexibility index (Phi) is 14.1. The van der Waals surface area contributed by atoms with Crippen LogP contribution in [0, 0.1) is 12.3 Å². The molecule has 0 aliphatic rings. The van der Waals surface area contributed by atoms with Gasteiger partial charge in [-0.05, 0) is 71.2 Å². The summed E-state index contributed by atoms with van der Waals surface area (Å²) in [5.74, 6) is 0.942. The number of hydrogen-bond acceptors (Lipinski definition) is 6. The molecule has 0 bridgehead atoms. The smallest absolute Gasteiger partial charge is 0.408 e. The second kappa shape index (κ2) is 17.2. The molecule has 0 spiro atoms. The van der Waals surface area contributed by atoms with Gasteiger partial charge in [-0.2, -0.15) is 0 Å². The summed E-state index contributed by atoms with van der Waals surface area (Å²) in [5, 5.41) is 5.41. The minimum Gasteiger partial charge on any atom is -0.458 e. The van der Waals surface area contributed by atoms with E-state index >= 15 is 0 Å². The molecule has 9 heteroatoms. The quantitative estimate of drug-likeness (QED) is 0.159. The topological polar surface area (TPSA) is 114 Å². The minimum atomic E-state index is -1.12. The second-order valence-electron chi connectivity index (χ2n) is 13.0. The van der Waals surface area contributed by atoms with Crippen LogP contribution < -0.4 is 10.6 Å². The maximum Gasteiger partial charge on any atom is 0.408 e. The zero-order chi connectivity index (χ0) is 33.6. The first-order valence-electron chi connectivity index (χ1n) is 15.5. The molecular formula is C36H49N3O6. The summed E-state index contributed by atoms with van der Waals surface area (Å²) in [6.07, 6.45) is 8.46. The predicted octanol–water partition coefficient (Wildman–Crippen LogP) is 5.71. The third-order valence-corrected chi connectivity index (χ3v) is 6.60. The number of nitrogens with one attached hydrogen (secondary N) is 2. The fourth-order valence-electron chi connectivity index (χ4n) is 4.57. The van der Waals surface area contributed by atoms with Gasteiger partial charge in [0.1, 0.15) is 29.8 Å². The van der Waals surface area contributed by atoms with Crippen molar-refractivity contribution in [1.29, 1.82) is 0 Å². The number of rotatable bonds is 14. The number of benzene rings is 2. The minimum absolute atomic E-state index is 0.189. The normalized spacial score (nSPS) is 12.7. The van der Waals surface area contributed by atoms with Crippen molar-refractivity contribution >= 4 is 23.9 Å². The number of unbranched alkanes of at least 4 members (excludes halogenated alkanes) is 3. The third kappa shape index (κ3) is 13.5. The van der Waals surface area contributed by atoms with E-state index in [1.54, 1.807) is 65.8 Å². The van der Waals surface area contributed by atoms with Crippen molar-refractivity contribution in [2.75, 3.05) is 13.1 Å². The summed E-state index contributed by atoms with van der Waals surface area (Å²) in [6.45, 7) is 12.4. The van der Waals surface area contributed by atoms with Crippen molar-refractivity contribution < 1.29 is 28.7 Å². The average molecular weight is 620 g/mol. The Morgan fingerprint density at radius 1 is 0.867 bits per heavy atom. The molecule has 2 rings (SSSR count). The molecule has 2 unspecified atom stereocenters. The van der Waals surface area contributed by atoms with Crippen molar-refractivity contribution in [3.63, 3.8) is 0 Å². The van der Waals surface area contributed by atoms with Gasteiger partial charge in [0.2, 0.25) is 11.8 Å². The number of terminal acetylenes is 1. The number of carbonyl (C=O) groups is 4. The fraction of sp³-hybridized carbons (Fsp3) is 0.500. The molecule has 244 valence electrons. The molecule has 2 N–H and O–H groups in total. The first kappa shape index (κ1) is 36.9. The standard InChI is InChI=1S/C36H49N3O6/c1-9-11-12-16-23-39(30(40)25-37-34(43)45-36(6,7)8)31(28-21-19-26(10-2)20-22-28)32(41)38-29(33(42)44-35(3,4)5)24-27-17-14-13-15-18-27/h2,13-15,17-22,29,31H,9,11-12,16,23-25H2,1,3-8H3,(H,37,43)(H,38,41). The van der Waals surface area contributed by atoms with Gasteiger partial charge >= 0.3 is 12.1 Å². The highest BCUT2D eigenvalue weighted by atomic mass is 16.6. The van der Waals surface area contributed by atoms with E-state index < -0.39 is 47.2 Å². The summed E-state index contributed by atoms with van der Waals surface area (Å²) >= 11 is 0. The van der Waals surface area contributed by atoms with E-state index in [0.717, 1.165) is 24.8 Å². The van der Waals surface area contributed by atoms with Crippen LogP contribution in [-0.4, -0.2) is 59.1 Å². The Morgan fingerprint density at radius 3 is 2.04 bits per heavy atom. The zero-order valence-electron chi connectivity index (χ0n) is 27.8. The summed E-state index contributed by atoms with van der Waals surface area (Å²) < 4.78 is 11.0. The van der Waals surface area contributed by atoms with Crippen LogP contribution in [0.25, 0.3) is 0 Å². The molecule has 0 radical (unpaired) electrons. The van der Waals surface area contributed by atoms with Crippen LogP contribution in [-0.2, 0) is 30.3 Å². The molecule has 2 atom stereocenters. The molecule has 0 aromatic heterocycles. The van der Waals surface area contributed by atoms with E-state index in [-0.39, 0.29) is 19.5 Å². The molecular weight excluding hydrogens is 570 g/mol. The van der Waals surface area contributed by atoms with Crippen LogP contribution >= 0.6 is 0 Å². The molecule has 3 amide bonds. The van der Waals surface area contributed by atoms with Crippen molar-refractivity contribution in [2.24, 2.45) is 0 Å². The van der Waals surface area contributed by atoms with Crippen LogP contribution in [0.5, 0.6) is 0 Å². The Labute approximate surface area is 268 Å². The van der Waals surface area contributed by atoms with Crippen LogP contribution in [0.3, 0.4) is 0 Å². The lowest BCUT2D eigenvalue weighted by Crippen LogP contribution is -2.52. The first-order chi connectivity index (χ1) is 21.1. The zero-order valence-corrected chi connectivity index (χ0v) is 27.8. The van der Waals surface area contributed by atoms with E-state index in [1.165, 1.54) is 4.90 Å². The monoisotopic (exact) mass is 619 g/mol. The summed E-state index contributed by atoms with van der Waals surface area (Å²) in [5.41, 5.74) is 0.424. The molecule has 45 heavy (non-hydrogen) atoms. The molecule has 2 aromatic rings. The molecule has 0 aliphatic heterocycles. The number of amides is 3. The Morgan fingerprint density at radius 2 is 1.49 bits per heavy atom. The molecule has 9 nitrogen and oxygen atoms in total. The number of nitrogens with zero attached hydrogens (tertiary/aromatic N) is 1. The highest BCUT2D eigenvalue weighted by molar-refractivity contribution is 5.93. The van der Waals surface area contributed by atoms with Crippen LogP contribution in [0.4, 0.5) is 4.79 Å². The molecule has 0 saturated heterocycles. The van der Waals surface area contributed by atoms with Gasteiger partial charge in [0.05, 0.1) is 0 Å². The fourth-order valence-corrected chi connectivity index (χ4v) is 4.57. The third-order valence-electron chi connectivity index (χ3n) is 6.60. The molecule has 0 fully saturated rings. The lowest BCUT2D eigenvalue weighted by molar-refractivity contribution is -0.159. The summed E-state index contributed by atoms with van der Waals surface area (Å²) in [6, 6.07) is 14.0. The van der Waals surface area contributed by atoms with E-state index in [9.17, 15) is 19.2 Å². The van der Waals surface area contributed by atoms with Gasteiger partial charge in [0.25, 0.3) is 0 Å². The van der Waals surface area contributed by atoms with Gasteiger partial charge in [-0.15, -0.1) is 6.42 Å². The predicted molar refractivity (Wildman–Crippen MR) is 175 cm³/mol. The molecule has 0 heterocycles. The Hall–Kier alpha value is -4.32. The van der Waals surface area contributed by atoms with E-state index in [0.29, 0.717) is 17.5 Å². The van der Waals surface area contributed by atoms with Gasteiger partial charge in [0.15, 0.2) is 0 Å². The Bertz CT molecular complexity index is 1300. The molecule has 2 aromatic carbocycles. The lowest BCUT2D eigenvalue weighted by atomic mass is 10.00. The van der Waals surface area contributed by atoms with Gasteiger partial charge in [-0.25, -0.2) is 9.59 Å². The van der Waals surface area contributed by atoms with Gasteiger partial charge in [-0.3, -0.25) is 9.59 Å². The van der Waals surface area contributed by atoms with Crippen molar-refractivity contribution in [2.45, 2.75) is 104 Å². The van der Waals surface area contributed by atoms with Gasteiger partial charge in [0, 0.05) is 18.5 Å². The number of carbonyl (C=O) groups excluding carboxylic acids is 4. The number of ether oxygens (including phenoxy) is 2. The van der Waals surface area contributed by atoms with Crippen molar-refractivity contribution in [3.8, 4) is 12.3 Å². The number of hydrogen-bond donors (Lipinski definition) is 2. The SMILES string of the molecule is C#Cc1ccc(C(C(=O)NC(Cc2ccccc2)C(=O)OC(C)(C)C)N(CCCCCC)C(=O)CNC(=O)OC(C)(C)C)cc1. The molecule has 0 saturated carbocycles. The van der Waals surface area contributed by atoms with Crippen LogP contribution in [0.15, 0.2) is 54.6 Å². The largest absolute Gasteiger partial charge is 0.458 e. The second-order valence-corrected chi connectivity index (χ2v) is 13.0. The summed E-state index contributed by atoms with van der Waals surface area (Å²) in [4.78, 5) is 55.2. The Balaban J connectivity index is 2.50. The van der Waals surface area contributed by atoms with Gasteiger partial charge < -0.3 is 25.0 Å². The highest BCUT2D eigenvalue weighted by Gasteiger charge is 2.35. The lowest BCUT2D eigenvalue weighted by Gasteiger charge is -2.33. The first-order valence-corrected chi connectivity index (χ1v) is 15.5. The maximum atomic E-state index is 14.3. The van der Waals surface area contributed by atoms with E-state index in [4.69, 9.17) is 15.9 Å². The average Bonchev–Trinajstić information content (AvgIpc) is 2.96. The van der Waals surface area contributed by atoms with Crippen LogP contribution in [0.1, 0.15) is 96.9 Å². The van der Waals surface area contributed by atoms with E-state index in [2.05, 4.69) is 23.5 Å². The maximum absolute atomic E-state index is 14.3. The van der Waals surface area contributed by atoms with Crippen molar-refractivity contribution in [1.82, 2.24) is 15.5 Å². The van der Waals surface area contributed by atoms with Gasteiger partial charge in [-0.1, -0.05) is 74.6 Å².